The molecule has 2 aliphatic heterocycles. The van der Waals surface area contributed by atoms with Gasteiger partial charge in [-0.1, -0.05) is 6.07 Å². The summed E-state index contributed by atoms with van der Waals surface area (Å²) in [6.45, 7) is 2.93. The summed E-state index contributed by atoms with van der Waals surface area (Å²) in [6, 6.07) is 9.51. The summed E-state index contributed by atoms with van der Waals surface area (Å²) in [5, 5.41) is 13.0. The molecule has 9 heteroatoms. The maximum atomic E-state index is 13.2. The molecule has 2 fully saturated rings. The van der Waals surface area contributed by atoms with Gasteiger partial charge in [0, 0.05) is 29.6 Å². The second kappa shape index (κ2) is 9.66. The molecule has 0 saturated carbocycles. The monoisotopic (exact) mass is 470 g/mol. The normalized spacial score (nSPS) is 20.8. The van der Waals surface area contributed by atoms with E-state index in [-0.39, 0.29) is 23.5 Å². The van der Waals surface area contributed by atoms with Crippen molar-refractivity contribution in [1.82, 2.24) is 9.80 Å². The van der Waals surface area contributed by atoms with Gasteiger partial charge in [-0.2, -0.15) is 0 Å². The lowest BCUT2D eigenvalue weighted by Gasteiger charge is -2.38. The number of methoxy groups -OCH3 is 1. The Kier molecular flexibility index (Phi) is 6.69. The second-order valence-electron chi connectivity index (χ2n) is 7.87. The fourth-order valence-electron chi connectivity index (χ4n) is 4.40. The molecular weight excluding hydrogens is 444 g/mol. The highest BCUT2D eigenvalue weighted by Crippen LogP contribution is 2.43. The van der Waals surface area contributed by atoms with E-state index in [0.29, 0.717) is 43.9 Å². The van der Waals surface area contributed by atoms with Crippen molar-refractivity contribution < 1.29 is 29.0 Å². The SMILES string of the molecule is CCOC(=O)N1CCC(N2C(=O)C(=O)/C(=C(\O)c3ccc(OC)cc3)C2c2cccs2)CC1. The number of hydrogen-bond acceptors (Lipinski definition) is 7. The number of Topliss-reactive ketones (excluding diaryl/α,β-unsaturated/α-hetero) is 1. The van der Waals surface area contributed by atoms with Crippen molar-refractivity contribution in [2.24, 2.45) is 0 Å². The molecule has 3 heterocycles. The van der Waals surface area contributed by atoms with Gasteiger partial charge in [-0.25, -0.2) is 4.79 Å². The average Bonchev–Trinajstić information content (AvgIpc) is 3.46. The van der Waals surface area contributed by atoms with E-state index in [1.165, 1.54) is 11.3 Å². The maximum Gasteiger partial charge on any atom is 0.409 e. The van der Waals surface area contributed by atoms with Crippen molar-refractivity contribution in [3.05, 3.63) is 57.8 Å². The smallest absolute Gasteiger partial charge is 0.409 e. The molecule has 0 bridgehead atoms. The highest BCUT2D eigenvalue weighted by atomic mass is 32.1. The zero-order chi connectivity index (χ0) is 23.5. The van der Waals surface area contributed by atoms with Crippen LogP contribution >= 0.6 is 11.3 Å². The van der Waals surface area contributed by atoms with E-state index in [4.69, 9.17) is 9.47 Å². The van der Waals surface area contributed by atoms with Gasteiger partial charge in [0.1, 0.15) is 11.5 Å². The summed E-state index contributed by atoms with van der Waals surface area (Å²) < 4.78 is 10.2. The van der Waals surface area contributed by atoms with Crippen molar-refractivity contribution in [3.8, 4) is 5.75 Å². The minimum absolute atomic E-state index is 0.0837. The van der Waals surface area contributed by atoms with Gasteiger partial charge in [-0.05, 0) is 55.5 Å². The molecule has 4 rings (SSSR count). The Bertz CT molecular complexity index is 1060. The first-order valence-corrected chi connectivity index (χ1v) is 11.7. The summed E-state index contributed by atoms with van der Waals surface area (Å²) >= 11 is 1.43. The Hall–Kier alpha value is -3.33. The standard InChI is InChI=1S/C24H26N2O6S/c1-3-32-24(30)25-12-10-16(11-13-25)26-20(18-5-4-14-33-18)19(22(28)23(26)29)21(27)15-6-8-17(31-2)9-7-15/h4-9,14,16,20,27H,3,10-13H2,1-2H3/b21-19-. The number of amides is 2. The summed E-state index contributed by atoms with van der Waals surface area (Å²) in [6.07, 6.45) is 0.680. The summed E-state index contributed by atoms with van der Waals surface area (Å²) in [7, 11) is 1.55. The van der Waals surface area contributed by atoms with E-state index in [1.54, 1.807) is 48.1 Å². The molecular formula is C24H26N2O6S. The number of aliphatic hydroxyl groups excluding tert-OH is 1. The number of thiophene rings is 1. The minimum Gasteiger partial charge on any atom is -0.507 e. The molecule has 1 N–H and O–H groups in total. The largest absolute Gasteiger partial charge is 0.507 e. The topological polar surface area (TPSA) is 96.4 Å². The molecule has 2 aliphatic rings. The quantitative estimate of drug-likeness (QED) is 0.406. The number of piperidine rings is 1. The van der Waals surface area contributed by atoms with Crippen LogP contribution < -0.4 is 4.74 Å². The Morgan fingerprint density at radius 3 is 2.42 bits per heavy atom. The maximum absolute atomic E-state index is 13.2. The van der Waals surface area contributed by atoms with Crippen LogP contribution in [-0.4, -0.2) is 65.5 Å². The fourth-order valence-corrected chi connectivity index (χ4v) is 5.23. The molecule has 2 aromatic rings. The molecule has 0 aliphatic carbocycles. The number of likely N-dealkylation sites (tertiary alicyclic amines) is 2. The van der Waals surface area contributed by atoms with Crippen molar-refractivity contribution in [3.63, 3.8) is 0 Å². The van der Waals surface area contributed by atoms with Crippen molar-refractivity contribution >= 4 is 34.9 Å². The van der Waals surface area contributed by atoms with Crippen LogP contribution in [0.1, 0.15) is 36.2 Å². The second-order valence-corrected chi connectivity index (χ2v) is 8.85. The Labute approximate surface area is 196 Å². The van der Waals surface area contributed by atoms with Crippen molar-refractivity contribution in [2.45, 2.75) is 31.8 Å². The van der Waals surface area contributed by atoms with E-state index in [0.717, 1.165) is 4.88 Å². The lowest BCUT2D eigenvalue weighted by atomic mass is 9.97. The van der Waals surface area contributed by atoms with Crippen molar-refractivity contribution in [1.29, 1.82) is 0 Å². The fraction of sp³-hybridized carbons (Fsp3) is 0.375. The third-order valence-corrected chi connectivity index (χ3v) is 6.96. The van der Waals surface area contributed by atoms with Crippen LogP contribution in [0, 0.1) is 0 Å². The highest BCUT2D eigenvalue weighted by molar-refractivity contribution is 7.10. The van der Waals surface area contributed by atoms with E-state index >= 15 is 0 Å². The van der Waals surface area contributed by atoms with E-state index in [9.17, 15) is 19.5 Å². The minimum atomic E-state index is -0.699. The van der Waals surface area contributed by atoms with E-state index in [1.807, 2.05) is 17.5 Å². The summed E-state index contributed by atoms with van der Waals surface area (Å²) in [4.78, 5) is 42.4. The van der Waals surface area contributed by atoms with E-state index < -0.39 is 17.7 Å². The molecule has 33 heavy (non-hydrogen) atoms. The first-order valence-electron chi connectivity index (χ1n) is 10.9. The highest BCUT2D eigenvalue weighted by Gasteiger charge is 2.49. The first kappa shape index (κ1) is 22.8. The molecule has 0 radical (unpaired) electrons. The molecule has 2 amide bonds. The number of carbonyl (C=O) groups is 3. The third kappa shape index (κ3) is 4.32. The number of ketones is 1. The molecule has 174 valence electrons. The van der Waals surface area contributed by atoms with Crippen LogP contribution in [0.15, 0.2) is 47.4 Å². The molecule has 8 nitrogen and oxygen atoms in total. The molecule has 1 aromatic heterocycles. The molecule has 0 spiro atoms. The average molecular weight is 471 g/mol. The zero-order valence-corrected chi connectivity index (χ0v) is 19.3. The predicted octanol–water partition coefficient (Wildman–Crippen LogP) is 3.80. The van der Waals surface area contributed by atoms with Gasteiger partial charge in [0.2, 0.25) is 0 Å². The summed E-state index contributed by atoms with van der Waals surface area (Å²) in [5.74, 6) is -0.913. The van der Waals surface area contributed by atoms with Crippen molar-refractivity contribution in [2.75, 3.05) is 26.8 Å². The molecule has 1 aromatic carbocycles. The lowest BCUT2D eigenvalue weighted by Crippen LogP contribution is -2.48. The number of aliphatic hydroxyl groups is 1. The number of ether oxygens (including phenoxy) is 2. The van der Waals surface area contributed by atoms with Crippen LogP contribution in [0.4, 0.5) is 4.79 Å². The van der Waals surface area contributed by atoms with Crippen LogP contribution in [-0.2, 0) is 14.3 Å². The van der Waals surface area contributed by atoms with Gasteiger partial charge >= 0.3 is 6.09 Å². The number of benzene rings is 1. The Morgan fingerprint density at radius 1 is 1.15 bits per heavy atom. The Balaban J connectivity index is 1.68. The molecule has 1 unspecified atom stereocenters. The molecule has 2 saturated heterocycles. The van der Waals surface area contributed by atoms with Gasteiger partial charge < -0.3 is 24.4 Å². The number of hydrogen-bond donors (Lipinski definition) is 1. The lowest BCUT2D eigenvalue weighted by molar-refractivity contribution is -0.142. The van der Waals surface area contributed by atoms with Gasteiger partial charge in [-0.15, -0.1) is 11.3 Å². The van der Waals surface area contributed by atoms with E-state index in [2.05, 4.69) is 0 Å². The van der Waals surface area contributed by atoms with Gasteiger partial charge in [-0.3, -0.25) is 9.59 Å². The van der Waals surface area contributed by atoms with Crippen LogP contribution in [0.2, 0.25) is 0 Å². The number of rotatable bonds is 5. The number of carbonyl (C=O) groups excluding carboxylic acids is 3. The van der Waals surface area contributed by atoms with Crippen LogP contribution in [0.25, 0.3) is 5.76 Å². The predicted molar refractivity (Wildman–Crippen MR) is 123 cm³/mol. The first-order chi connectivity index (χ1) is 16.0. The van der Waals surface area contributed by atoms with Gasteiger partial charge in [0.25, 0.3) is 11.7 Å². The zero-order valence-electron chi connectivity index (χ0n) is 18.5. The van der Waals surface area contributed by atoms with Gasteiger partial charge in [0.15, 0.2) is 0 Å². The van der Waals surface area contributed by atoms with Gasteiger partial charge in [0.05, 0.1) is 25.3 Å². The van der Waals surface area contributed by atoms with Crippen LogP contribution in [0.5, 0.6) is 5.75 Å². The Morgan fingerprint density at radius 2 is 1.85 bits per heavy atom. The summed E-state index contributed by atoms with van der Waals surface area (Å²) in [5.41, 5.74) is 0.521. The van der Waals surface area contributed by atoms with Crippen LogP contribution in [0.3, 0.4) is 0 Å². The number of nitrogens with zero attached hydrogens (tertiary/aromatic N) is 2. The molecule has 1 atom stereocenters. The third-order valence-electron chi connectivity index (χ3n) is 6.04.